The number of aryl methyl sites for hydroxylation is 1. The zero-order valence-electron chi connectivity index (χ0n) is 16.8. The number of amides is 2. The highest BCUT2D eigenvalue weighted by Crippen LogP contribution is 2.17. The van der Waals surface area contributed by atoms with Gasteiger partial charge in [-0.15, -0.1) is 0 Å². The number of hydrogen-bond acceptors (Lipinski definition) is 4. The van der Waals surface area contributed by atoms with E-state index < -0.39 is 0 Å². The number of hydrogen-bond donors (Lipinski definition) is 1. The first-order valence-electron chi connectivity index (χ1n) is 9.49. The van der Waals surface area contributed by atoms with Crippen molar-refractivity contribution in [2.45, 2.75) is 66.1 Å². The summed E-state index contributed by atoms with van der Waals surface area (Å²) in [5.74, 6) is 0.0254. The molecule has 2 rings (SSSR count). The summed E-state index contributed by atoms with van der Waals surface area (Å²) in [7, 11) is 0. The van der Waals surface area contributed by atoms with E-state index >= 15 is 0 Å². The van der Waals surface area contributed by atoms with Gasteiger partial charge in [-0.1, -0.05) is 32.0 Å². The lowest BCUT2D eigenvalue weighted by Gasteiger charge is -2.28. The normalized spacial score (nSPS) is 13.1. The second-order valence-corrected chi connectivity index (χ2v) is 6.91. The molecule has 2 atom stereocenters. The molecule has 6 nitrogen and oxygen atoms in total. The molecule has 0 spiro atoms. The first-order chi connectivity index (χ1) is 12.9. The van der Waals surface area contributed by atoms with Gasteiger partial charge >= 0.3 is 0 Å². The second-order valence-electron chi connectivity index (χ2n) is 6.91. The summed E-state index contributed by atoms with van der Waals surface area (Å²) in [5.41, 5.74) is 1.83. The summed E-state index contributed by atoms with van der Waals surface area (Å²) >= 11 is 0. The number of aromatic nitrogens is 1. The fourth-order valence-electron chi connectivity index (χ4n) is 2.65. The van der Waals surface area contributed by atoms with Gasteiger partial charge in [0.2, 0.25) is 5.89 Å². The molecule has 0 radical (unpaired) electrons. The average Bonchev–Trinajstić information content (AvgIpc) is 3.14. The largest absolute Gasteiger partial charge is 0.446 e. The number of nitrogens with zero attached hydrogens (tertiary/aromatic N) is 2. The zero-order valence-corrected chi connectivity index (χ0v) is 16.8. The Hall–Kier alpha value is -2.63. The molecular formula is C21H29N3O3. The Morgan fingerprint density at radius 3 is 2.52 bits per heavy atom. The smallest absolute Gasteiger partial charge is 0.273 e. The van der Waals surface area contributed by atoms with Gasteiger partial charge < -0.3 is 14.6 Å². The average molecular weight is 371 g/mol. The SMILES string of the molecule is CC[C@H](C)NC(=O)c1coc(CN(C(=O)c2ccccc2C)[C@@H](C)CC)n1. The number of oxazole rings is 1. The van der Waals surface area contributed by atoms with Gasteiger partial charge in [0.15, 0.2) is 5.69 Å². The highest BCUT2D eigenvalue weighted by atomic mass is 16.3. The van der Waals surface area contributed by atoms with E-state index in [9.17, 15) is 9.59 Å². The number of rotatable bonds is 8. The van der Waals surface area contributed by atoms with Crippen molar-refractivity contribution in [3.8, 4) is 0 Å². The van der Waals surface area contributed by atoms with Crippen molar-refractivity contribution in [3.63, 3.8) is 0 Å². The van der Waals surface area contributed by atoms with Crippen molar-refractivity contribution in [2.24, 2.45) is 0 Å². The molecule has 0 bridgehead atoms. The molecule has 1 heterocycles. The van der Waals surface area contributed by atoms with E-state index in [0.29, 0.717) is 11.5 Å². The molecule has 0 aliphatic heterocycles. The second kappa shape index (κ2) is 9.35. The molecule has 1 aromatic heterocycles. The van der Waals surface area contributed by atoms with Crippen LogP contribution in [0.5, 0.6) is 0 Å². The molecule has 6 heteroatoms. The minimum absolute atomic E-state index is 0.0152. The lowest BCUT2D eigenvalue weighted by molar-refractivity contribution is 0.0651. The minimum Gasteiger partial charge on any atom is -0.446 e. The predicted octanol–water partition coefficient (Wildman–Crippen LogP) is 3.95. The van der Waals surface area contributed by atoms with E-state index in [1.165, 1.54) is 6.26 Å². The third-order valence-electron chi connectivity index (χ3n) is 4.84. The van der Waals surface area contributed by atoms with Crippen LogP contribution in [0.1, 0.15) is 72.8 Å². The molecule has 0 saturated heterocycles. The van der Waals surface area contributed by atoms with E-state index in [4.69, 9.17) is 4.42 Å². The molecule has 2 aromatic rings. The van der Waals surface area contributed by atoms with Crippen LogP contribution in [-0.2, 0) is 6.54 Å². The van der Waals surface area contributed by atoms with Gasteiger partial charge in [-0.2, -0.15) is 0 Å². The van der Waals surface area contributed by atoms with Gasteiger partial charge in [0.1, 0.15) is 6.26 Å². The van der Waals surface area contributed by atoms with Gasteiger partial charge in [0.05, 0.1) is 6.54 Å². The van der Waals surface area contributed by atoms with Crippen molar-refractivity contribution in [1.82, 2.24) is 15.2 Å². The fourth-order valence-corrected chi connectivity index (χ4v) is 2.65. The molecule has 27 heavy (non-hydrogen) atoms. The lowest BCUT2D eigenvalue weighted by Crippen LogP contribution is -2.38. The van der Waals surface area contributed by atoms with Crippen LogP contribution in [0.25, 0.3) is 0 Å². The molecule has 1 aromatic carbocycles. The van der Waals surface area contributed by atoms with Crippen LogP contribution in [0, 0.1) is 6.92 Å². The quantitative estimate of drug-likeness (QED) is 0.762. The van der Waals surface area contributed by atoms with Crippen LogP contribution in [0.2, 0.25) is 0 Å². The molecule has 0 fully saturated rings. The maximum absolute atomic E-state index is 13.1. The summed E-state index contributed by atoms with van der Waals surface area (Å²) in [4.78, 5) is 31.3. The van der Waals surface area contributed by atoms with Crippen LogP contribution in [0.15, 0.2) is 34.9 Å². The summed E-state index contributed by atoms with van der Waals surface area (Å²) in [6.45, 7) is 10.1. The van der Waals surface area contributed by atoms with E-state index in [2.05, 4.69) is 10.3 Å². The summed E-state index contributed by atoms with van der Waals surface area (Å²) < 4.78 is 5.48. The Morgan fingerprint density at radius 1 is 1.19 bits per heavy atom. The molecule has 2 amide bonds. The third-order valence-corrected chi connectivity index (χ3v) is 4.84. The van der Waals surface area contributed by atoms with E-state index in [1.807, 2.05) is 58.9 Å². The van der Waals surface area contributed by atoms with Crippen LogP contribution in [-0.4, -0.2) is 33.8 Å². The Balaban J connectivity index is 2.19. The maximum atomic E-state index is 13.1. The van der Waals surface area contributed by atoms with Crippen molar-refractivity contribution in [2.75, 3.05) is 0 Å². The van der Waals surface area contributed by atoms with Crippen LogP contribution in [0.4, 0.5) is 0 Å². The van der Waals surface area contributed by atoms with E-state index in [-0.39, 0.29) is 36.1 Å². The van der Waals surface area contributed by atoms with Crippen LogP contribution < -0.4 is 5.32 Å². The predicted molar refractivity (Wildman–Crippen MR) is 105 cm³/mol. The molecule has 146 valence electrons. The lowest BCUT2D eigenvalue weighted by atomic mass is 10.1. The molecule has 1 N–H and O–H groups in total. The van der Waals surface area contributed by atoms with Crippen molar-refractivity contribution in [1.29, 1.82) is 0 Å². The van der Waals surface area contributed by atoms with Gasteiger partial charge in [-0.25, -0.2) is 4.98 Å². The van der Waals surface area contributed by atoms with Gasteiger partial charge in [0.25, 0.3) is 11.8 Å². The molecule has 0 saturated carbocycles. The zero-order chi connectivity index (χ0) is 20.0. The van der Waals surface area contributed by atoms with Gasteiger partial charge in [-0.05, 0) is 45.2 Å². The van der Waals surface area contributed by atoms with Crippen molar-refractivity contribution in [3.05, 3.63) is 53.2 Å². The van der Waals surface area contributed by atoms with Gasteiger partial charge in [-0.3, -0.25) is 9.59 Å². The minimum atomic E-state index is -0.264. The first-order valence-corrected chi connectivity index (χ1v) is 9.49. The maximum Gasteiger partial charge on any atom is 0.273 e. The highest BCUT2D eigenvalue weighted by Gasteiger charge is 2.24. The number of carbonyl (C=O) groups is 2. The van der Waals surface area contributed by atoms with Crippen LogP contribution >= 0.6 is 0 Å². The Labute approximate surface area is 161 Å². The number of nitrogens with one attached hydrogen (secondary N) is 1. The fraction of sp³-hybridized carbons (Fsp3) is 0.476. The standard InChI is InChI=1S/C21H29N3O3/c1-6-15(4)22-20(25)18-13-27-19(23-18)12-24(16(5)7-2)21(26)17-11-9-8-10-14(17)3/h8-11,13,15-16H,6-7,12H2,1-5H3,(H,22,25)/t15-,16-/m0/s1. The molecule has 0 aliphatic rings. The number of benzene rings is 1. The number of carbonyl (C=O) groups excluding carboxylic acids is 2. The third kappa shape index (κ3) is 5.18. The summed E-state index contributed by atoms with van der Waals surface area (Å²) in [6, 6.07) is 7.60. The van der Waals surface area contributed by atoms with Crippen molar-refractivity contribution >= 4 is 11.8 Å². The van der Waals surface area contributed by atoms with Gasteiger partial charge in [0, 0.05) is 17.6 Å². The topological polar surface area (TPSA) is 75.4 Å². The van der Waals surface area contributed by atoms with Crippen LogP contribution in [0.3, 0.4) is 0 Å². The molecule has 0 unspecified atom stereocenters. The highest BCUT2D eigenvalue weighted by molar-refractivity contribution is 5.95. The summed E-state index contributed by atoms with van der Waals surface area (Å²) in [6.07, 6.45) is 2.99. The van der Waals surface area contributed by atoms with E-state index in [0.717, 1.165) is 18.4 Å². The monoisotopic (exact) mass is 371 g/mol. The first kappa shape index (κ1) is 20.7. The van der Waals surface area contributed by atoms with E-state index in [1.54, 1.807) is 4.90 Å². The molecular weight excluding hydrogens is 342 g/mol. The summed E-state index contributed by atoms with van der Waals surface area (Å²) in [5, 5.41) is 2.86. The van der Waals surface area contributed by atoms with Crippen molar-refractivity contribution < 1.29 is 14.0 Å². The Kier molecular flexibility index (Phi) is 7.16. The Bertz CT molecular complexity index is 784. The molecule has 0 aliphatic carbocycles. The Morgan fingerprint density at radius 2 is 1.89 bits per heavy atom.